The molecule has 8 heteroatoms. The van der Waals surface area contributed by atoms with E-state index < -0.39 is 10.0 Å². The Morgan fingerprint density at radius 1 is 1.42 bits per heavy atom. The van der Waals surface area contributed by atoms with Crippen molar-refractivity contribution in [1.82, 2.24) is 4.72 Å². The molecule has 0 aliphatic carbocycles. The zero-order valence-electron chi connectivity index (χ0n) is 10.1. The molecule has 1 aliphatic heterocycles. The van der Waals surface area contributed by atoms with Crippen LogP contribution in [0.3, 0.4) is 0 Å². The molecule has 1 aromatic rings. The SMILES string of the molecule is Nc1ccc(Cl)cc1S(=O)(=O)NCC1CSCCS1. The van der Waals surface area contributed by atoms with Crippen molar-refractivity contribution in [1.29, 1.82) is 0 Å². The zero-order chi connectivity index (χ0) is 13.9. The van der Waals surface area contributed by atoms with Gasteiger partial charge < -0.3 is 5.73 Å². The fraction of sp³-hybridized carbons (Fsp3) is 0.455. The van der Waals surface area contributed by atoms with E-state index in [-0.39, 0.29) is 10.6 Å². The topological polar surface area (TPSA) is 72.2 Å². The summed E-state index contributed by atoms with van der Waals surface area (Å²) in [6.45, 7) is 0.423. The molecular weight excluding hydrogens is 324 g/mol. The molecule has 1 saturated heterocycles. The van der Waals surface area contributed by atoms with Crippen LogP contribution in [0.25, 0.3) is 0 Å². The Labute approximate surface area is 126 Å². The van der Waals surface area contributed by atoms with Crippen molar-refractivity contribution < 1.29 is 8.42 Å². The summed E-state index contributed by atoms with van der Waals surface area (Å²) >= 11 is 9.47. The molecule has 1 aliphatic rings. The molecule has 0 saturated carbocycles. The number of rotatable bonds is 4. The second-order valence-electron chi connectivity index (χ2n) is 4.10. The van der Waals surface area contributed by atoms with Crippen LogP contribution in [0.4, 0.5) is 5.69 Å². The van der Waals surface area contributed by atoms with E-state index in [0.29, 0.717) is 16.8 Å². The summed E-state index contributed by atoms with van der Waals surface area (Å²) in [7, 11) is -3.59. The van der Waals surface area contributed by atoms with Crippen LogP contribution in [0, 0.1) is 0 Å². The molecule has 19 heavy (non-hydrogen) atoms. The van der Waals surface area contributed by atoms with Gasteiger partial charge in [0.25, 0.3) is 0 Å². The number of anilines is 1. The van der Waals surface area contributed by atoms with Gasteiger partial charge in [-0.05, 0) is 18.2 Å². The maximum atomic E-state index is 12.2. The Bertz CT molecular complexity index is 545. The van der Waals surface area contributed by atoms with Crippen molar-refractivity contribution in [3.05, 3.63) is 23.2 Å². The van der Waals surface area contributed by atoms with Gasteiger partial charge in [0.15, 0.2) is 0 Å². The van der Waals surface area contributed by atoms with Gasteiger partial charge in [-0.3, -0.25) is 0 Å². The molecule has 1 aromatic carbocycles. The van der Waals surface area contributed by atoms with E-state index in [4.69, 9.17) is 17.3 Å². The van der Waals surface area contributed by atoms with Crippen LogP contribution >= 0.6 is 35.1 Å². The summed E-state index contributed by atoms with van der Waals surface area (Å²) in [5.41, 5.74) is 5.91. The van der Waals surface area contributed by atoms with Gasteiger partial charge in [0.2, 0.25) is 10.0 Å². The molecule has 1 heterocycles. The third kappa shape index (κ3) is 4.19. The number of hydrogen-bond acceptors (Lipinski definition) is 5. The van der Waals surface area contributed by atoms with E-state index in [9.17, 15) is 8.42 Å². The number of thioether (sulfide) groups is 2. The zero-order valence-corrected chi connectivity index (χ0v) is 13.3. The lowest BCUT2D eigenvalue weighted by Crippen LogP contribution is -2.33. The Morgan fingerprint density at radius 3 is 2.89 bits per heavy atom. The lowest BCUT2D eigenvalue weighted by atomic mass is 10.3. The van der Waals surface area contributed by atoms with Crippen molar-refractivity contribution in [3.8, 4) is 0 Å². The van der Waals surface area contributed by atoms with Gasteiger partial charge in [0.1, 0.15) is 4.90 Å². The number of hydrogen-bond donors (Lipinski definition) is 2. The fourth-order valence-corrected chi connectivity index (χ4v) is 5.87. The summed E-state index contributed by atoms with van der Waals surface area (Å²) < 4.78 is 27.0. The minimum atomic E-state index is -3.59. The molecule has 0 radical (unpaired) electrons. The van der Waals surface area contributed by atoms with Crippen LogP contribution in [0.15, 0.2) is 23.1 Å². The first kappa shape index (κ1) is 15.3. The molecule has 1 unspecified atom stereocenters. The number of benzene rings is 1. The Kier molecular flexibility index (Phi) is 5.30. The van der Waals surface area contributed by atoms with Crippen LogP contribution in [0.1, 0.15) is 0 Å². The third-order valence-corrected chi connectivity index (χ3v) is 7.21. The highest BCUT2D eigenvalue weighted by Crippen LogP contribution is 2.25. The normalized spacial score (nSPS) is 20.4. The highest BCUT2D eigenvalue weighted by molar-refractivity contribution is 8.06. The number of sulfonamides is 1. The minimum absolute atomic E-state index is 0.0495. The minimum Gasteiger partial charge on any atom is -0.398 e. The third-order valence-electron chi connectivity index (χ3n) is 2.65. The van der Waals surface area contributed by atoms with E-state index in [2.05, 4.69) is 4.72 Å². The van der Waals surface area contributed by atoms with Crippen LogP contribution < -0.4 is 10.5 Å². The molecule has 3 N–H and O–H groups in total. The van der Waals surface area contributed by atoms with Crippen molar-refractivity contribution in [2.24, 2.45) is 0 Å². The van der Waals surface area contributed by atoms with Gasteiger partial charge in [-0.15, -0.1) is 0 Å². The average Bonchev–Trinajstić information content (AvgIpc) is 2.40. The maximum Gasteiger partial charge on any atom is 0.242 e. The van der Waals surface area contributed by atoms with Gasteiger partial charge in [-0.2, -0.15) is 23.5 Å². The highest BCUT2D eigenvalue weighted by Gasteiger charge is 2.21. The van der Waals surface area contributed by atoms with E-state index >= 15 is 0 Å². The monoisotopic (exact) mass is 338 g/mol. The first-order valence-electron chi connectivity index (χ1n) is 5.73. The molecular formula is C11H15ClN2O2S3. The lowest BCUT2D eigenvalue weighted by Gasteiger charge is -2.21. The molecule has 4 nitrogen and oxygen atoms in total. The molecule has 1 atom stereocenters. The standard InChI is InChI=1S/C11H15ClN2O2S3/c12-8-1-2-10(13)11(5-8)19(15,16)14-6-9-7-17-3-4-18-9/h1-2,5,9,14H,3-4,6-7,13H2. The summed E-state index contributed by atoms with van der Waals surface area (Å²) in [6, 6.07) is 4.45. The van der Waals surface area contributed by atoms with Crippen molar-refractivity contribution in [2.45, 2.75) is 10.1 Å². The summed E-state index contributed by atoms with van der Waals surface area (Å²) in [5.74, 6) is 3.17. The number of nitrogens with two attached hydrogens (primary N) is 1. The molecule has 0 amide bonds. The molecule has 0 bridgehead atoms. The first-order valence-corrected chi connectivity index (χ1v) is 9.79. The molecule has 106 valence electrons. The lowest BCUT2D eigenvalue weighted by molar-refractivity contribution is 0.582. The van der Waals surface area contributed by atoms with Crippen LogP contribution in [0.5, 0.6) is 0 Å². The summed E-state index contributed by atoms with van der Waals surface area (Å²) in [4.78, 5) is 0.0495. The van der Waals surface area contributed by atoms with Gasteiger partial charge in [0, 0.05) is 34.1 Å². The molecule has 1 fully saturated rings. The highest BCUT2D eigenvalue weighted by atomic mass is 35.5. The average molecular weight is 339 g/mol. The summed E-state index contributed by atoms with van der Waals surface area (Å²) in [6.07, 6.45) is 0. The quantitative estimate of drug-likeness (QED) is 0.822. The van der Waals surface area contributed by atoms with Crippen LogP contribution in [-0.4, -0.2) is 37.5 Å². The number of halogens is 1. The first-order chi connectivity index (χ1) is 8.99. The predicted molar refractivity (Wildman–Crippen MR) is 84.6 cm³/mol. The fourth-order valence-electron chi connectivity index (χ4n) is 1.68. The van der Waals surface area contributed by atoms with E-state index in [1.165, 1.54) is 12.1 Å². The van der Waals surface area contributed by atoms with Gasteiger partial charge in [-0.1, -0.05) is 11.6 Å². The second-order valence-corrected chi connectivity index (χ2v) is 8.83. The van der Waals surface area contributed by atoms with Gasteiger partial charge in [-0.25, -0.2) is 13.1 Å². The van der Waals surface area contributed by atoms with Crippen molar-refractivity contribution in [3.63, 3.8) is 0 Å². The Balaban J connectivity index is 2.07. The molecule has 0 aromatic heterocycles. The van der Waals surface area contributed by atoms with Crippen LogP contribution in [-0.2, 0) is 10.0 Å². The predicted octanol–water partition coefficient (Wildman–Crippen LogP) is 2.05. The molecule has 2 rings (SSSR count). The van der Waals surface area contributed by atoms with E-state index in [1.807, 2.05) is 11.8 Å². The Hall–Kier alpha value is -0.0800. The smallest absolute Gasteiger partial charge is 0.242 e. The van der Waals surface area contributed by atoms with Gasteiger partial charge in [0.05, 0.1) is 5.69 Å². The summed E-state index contributed by atoms with van der Waals surface area (Å²) in [5, 5.41) is 0.672. The van der Waals surface area contributed by atoms with E-state index in [0.717, 1.165) is 17.3 Å². The number of nitrogens with one attached hydrogen (secondary N) is 1. The maximum absolute atomic E-state index is 12.2. The van der Waals surface area contributed by atoms with E-state index in [1.54, 1.807) is 17.8 Å². The molecule has 0 spiro atoms. The second kappa shape index (κ2) is 6.58. The van der Waals surface area contributed by atoms with Crippen LogP contribution in [0.2, 0.25) is 5.02 Å². The van der Waals surface area contributed by atoms with Crippen molar-refractivity contribution >= 4 is 50.8 Å². The number of nitrogen functional groups attached to an aromatic ring is 1. The van der Waals surface area contributed by atoms with Gasteiger partial charge >= 0.3 is 0 Å². The Morgan fingerprint density at radius 2 is 2.21 bits per heavy atom. The van der Waals surface area contributed by atoms with Crippen molar-refractivity contribution in [2.75, 3.05) is 29.5 Å². The largest absolute Gasteiger partial charge is 0.398 e.